The number of carbonyl (C=O) groups excluding carboxylic acids is 1. The first-order valence-electron chi connectivity index (χ1n) is 9.80. The van der Waals surface area contributed by atoms with Gasteiger partial charge in [0.1, 0.15) is 11.8 Å². The second-order valence-corrected chi connectivity index (χ2v) is 8.10. The first kappa shape index (κ1) is 21.3. The smallest absolute Gasteiger partial charge is 0.242 e. The molecule has 0 bridgehead atoms. The van der Waals surface area contributed by atoms with E-state index in [0.29, 0.717) is 17.1 Å². The van der Waals surface area contributed by atoms with Crippen LogP contribution in [0.25, 0.3) is 10.7 Å². The van der Waals surface area contributed by atoms with E-state index in [1.54, 1.807) is 15.9 Å². The van der Waals surface area contributed by atoms with E-state index in [1.807, 2.05) is 48.7 Å². The van der Waals surface area contributed by atoms with Gasteiger partial charge in [0, 0.05) is 6.54 Å². The van der Waals surface area contributed by atoms with Crippen molar-refractivity contribution in [1.82, 2.24) is 20.1 Å². The SMILES string of the molecule is CCCCOc1ccc(CCNC(=O)C(C)n2c(-c3cccs3)n[nH]c2=S)cc1. The molecule has 2 heterocycles. The van der Waals surface area contributed by atoms with Gasteiger partial charge < -0.3 is 10.1 Å². The highest BCUT2D eigenvalue weighted by Gasteiger charge is 2.21. The molecule has 0 saturated carbocycles. The third-order valence-electron chi connectivity index (χ3n) is 4.62. The Morgan fingerprint density at radius 1 is 1.34 bits per heavy atom. The van der Waals surface area contributed by atoms with E-state index < -0.39 is 6.04 Å². The molecule has 0 spiro atoms. The molecule has 29 heavy (non-hydrogen) atoms. The summed E-state index contributed by atoms with van der Waals surface area (Å²) in [5, 5.41) is 12.1. The van der Waals surface area contributed by atoms with Gasteiger partial charge in [-0.2, -0.15) is 5.10 Å². The van der Waals surface area contributed by atoms with Gasteiger partial charge >= 0.3 is 0 Å². The number of hydrogen-bond acceptors (Lipinski definition) is 5. The molecule has 3 rings (SSSR count). The fourth-order valence-electron chi connectivity index (χ4n) is 2.93. The van der Waals surface area contributed by atoms with Crippen LogP contribution in [0.15, 0.2) is 41.8 Å². The predicted molar refractivity (Wildman–Crippen MR) is 119 cm³/mol. The van der Waals surface area contributed by atoms with E-state index >= 15 is 0 Å². The number of rotatable bonds is 10. The van der Waals surface area contributed by atoms with E-state index in [0.717, 1.165) is 42.1 Å². The van der Waals surface area contributed by atoms with Crippen molar-refractivity contribution in [3.63, 3.8) is 0 Å². The number of thiophene rings is 1. The van der Waals surface area contributed by atoms with Gasteiger partial charge in [0.2, 0.25) is 5.91 Å². The highest BCUT2D eigenvalue weighted by Crippen LogP contribution is 2.25. The van der Waals surface area contributed by atoms with Gasteiger partial charge in [-0.1, -0.05) is 31.5 Å². The molecule has 2 aromatic heterocycles. The number of aromatic amines is 1. The Labute approximate surface area is 179 Å². The number of hydrogen-bond donors (Lipinski definition) is 2. The van der Waals surface area contributed by atoms with Crippen LogP contribution in [0.3, 0.4) is 0 Å². The lowest BCUT2D eigenvalue weighted by Gasteiger charge is -2.15. The lowest BCUT2D eigenvalue weighted by molar-refractivity contribution is -0.123. The van der Waals surface area contributed by atoms with Crippen LogP contribution >= 0.6 is 23.6 Å². The van der Waals surface area contributed by atoms with Crippen LogP contribution in [0.2, 0.25) is 0 Å². The van der Waals surface area contributed by atoms with E-state index in [-0.39, 0.29) is 5.91 Å². The fourth-order valence-corrected chi connectivity index (χ4v) is 3.93. The zero-order chi connectivity index (χ0) is 20.6. The van der Waals surface area contributed by atoms with Gasteiger partial charge in [0.25, 0.3) is 0 Å². The largest absolute Gasteiger partial charge is 0.494 e. The second kappa shape index (κ2) is 10.4. The molecule has 0 aliphatic heterocycles. The highest BCUT2D eigenvalue weighted by atomic mass is 32.1. The Bertz CT molecular complexity index is 961. The summed E-state index contributed by atoms with van der Waals surface area (Å²) in [5.41, 5.74) is 1.15. The summed E-state index contributed by atoms with van der Waals surface area (Å²) >= 11 is 6.90. The van der Waals surface area contributed by atoms with Crippen molar-refractivity contribution < 1.29 is 9.53 Å². The van der Waals surface area contributed by atoms with Crippen LogP contribution in [0, 0.1) is 4.77 Å². The molecule has 6 nitrogen and oxygen atoms in total. The van der Waals surface area contributed by atoms with Crippen molar-refractivity contribution in [3.05, 3.63) is 52.1 Å². The summed E-state index contributed by atoms with van der Waals surface area (Å²) in [4.78, 5) is 13.6. The Morgan fingerprint density at radius 2 is 2.14 bits per heavy atom. The number of ether oxygens (including phenoxy) is 1. The quantitative estimate of drug-likeness (QED) is 0.359. The molecule has 1 unspecified atom stereocenters. The predicted octanol–water partition coefficient (Wildman–Crippen LogP) is 4.77. The Balaban J connectivity index is 1.54. The Kier molecular flexibility index (Phi) is 7.60. The lowest BCUT2D eigenvalue weighted by atomic mass is 10.1. The molecule has 154 valence electrons. The number of nitrogens with one attached hydrogen (secondary N) is 2. The van der Waals surface area contributed by atoms with E-state index in [2.05, 4.69) is 22.4 Å². The van der Waals surface area contributed by atoms with E-state index in [1.165, 1.54) is 0 Å². The van der Waals surface area contributed by atoms with Gasteiger partial charge in [0.15, 0.2) is 10.6 Å². The molecule has 8 heteroatoms. The first-order chi connectivity index (χ1) is 14.1. The first-order valence-corrected chi connectivity index (χ1v) is 11.1. The van der Waals surface area contributed by atoms with Crippen molar-refractivity contribution in [3.8, 4) is 16.5 Å². The number of nitrogens with zero attached hydrogens (tertiary/aromatic N) is 2. The van der Waals surface area contributed by atoms with Crippen LogP contribution < -0.4 is 10.1 Å². The average molecular weight is 431 g/mol. The van der Waals surface area contributed by atoms with Gasteiger partial charge in [-0.05, 0) is 61.1 Å². The Morgan fingerprint density at radius 3 is 2.83 bits per heavy atom. The zero-order valence-electron chi connectivity index (χ0n) is 16.7. The molecule has 0 aliphatic rings. The fraction of sp³-hybridized carbons (Fsp3) is 0.381. The lowest BCUT2D eigenvalue weighted by Crippen LogP contribution is -2.32. The zero-order valence-corrected chi connectivity index (χ0v) is 18.3. The molecule has 0 radical (unpaired) electrons. The summed E-state index contributed by atoms with van der Waals surface area (Å²) in [7, 11) is 0. The number of unbranched alkanes of at least 4 members (excludes halogenated alkanes) is 1. The monoisotopic (exact) mass is 430 g/mol. The maximum absolute atomic E-state index is 12.7. The van der Waals surface area contributed by atoms with E-state index in [9.17, 15) is 4.79 Å². The number of carbonyl (C=O) groups is 1. The number of H-pyrrole nitrogens is 1. The number of aromatic nitrogens is 3. The van der Waals surface area contributed by atoms with Crippen molar-refractivity contribution in [2.45, 2.75) is 39.2 Å². The maximum Gasteiger partial charge on any atom is 0.242 e. The summed E-state index contributed by atoms with van der Waals surface area (Å²) in [6, 6.07) is 11.5. The maximum atomic E-state index is 12.7. The number of amides is 1. The molecular formula is C21H26N4O2S2. The molecule has 1 amide bonds. The van der Waals surface area contributed by atoms with Crippen LogP contribution in [0.4, 0.5) is 0 Å². The summed E-state index contributed by atoms with van der Waals surface area (Å²) < 4.78 is 7.88. The van der Waals surface area contributed by atoms with Crippen molar-refractivity contribution in [2.75, 3.05) is 13.2 Å². The number of benzene rings is 1. The molecule has 0 fully saturated rings. The van der Waals surface area contributed by atoms with Crippen LogP contribution in [-0.2, 0) is 11.2 Å². The molecule has 0 saturated heterocycles. The minimum absolute atomic E-state index is 0.0835. The van der Waals surface area contributed by atoms with Crippen LogP contribution in [-0.4, -0.2) is 33.8 Å². The highest BCUT2D eigenvalue weighted by molar-refractivity contribution is 7.71. The van der Waals surface area contributed by atoms with Crippen molar-refractivity contribution in [2.24, 2.45) is 0 Å². The standard InChI is InChI=1S/C21H26N4O2S2/c1-3-4-13-27-17-9-7-16(8-10-17)11-12-22-20(26)15(2)25-19(23-24-21(25)28)18-6-5-14-29-18/h5-10,14-15H,3-4,11-13H2,1-2H3,(H,22,26)(H,24,28). The van der Waals surface area contributed by atoms with Gasteiger partial charge in [0.05, 0.1) is 11.5 Å². The van der Waals surface area contributed by atoms with Crippen LogP contribution in [0.1, 0.15) is 38.3 Å². The molecule has 3 aromatic rings. The molecule has 1 atom stereocenters. The molecule has 0 aliphatic carbocycles. The van der Waals surface area contributed by atoms with Gasteiger partial charge in [-0.15, -0.1) is 11.3 Å². The van der Waals surface area contributed by atoms with Gasteiger partial charge in [-0.25, -0.2) is 0 Å². The summed E-state index contributed by atoms with van der Waals surface area (Å²) in [5.74, 6) is 1.49. The van der Waals surface area contributed by atoms with E-state index in [4.69, 9.17) is 17.0 Å². The summed E-state index contributed by atoms with van der Waals surface area (Å²) in [6.07, 6.45) is 2.93. The normalized spacial score (nSPS) is 11.9. The average Bonchev–Trinajstić information content (AvgIpc) is 3.38. The molecule has 1 aromatic carbocycles. The van der Waals surface area contributed by atoms with Crippen molar-refractivity contribution >= 4 is 29.5 Å². The molecular weight excluding hydrogens is 404 g/mol. The van der Waals surface area contributed by atoms with Crippen LogP contribution in [0.5, 0.6) is 5.75 Å². The van der Waals surface area contributed by atoms with Gasteiger partial charge in [-0.3, -0.25) is 14.5 Å². The Hall–Kier alpha value is -2.45. The topological polar surface area (TPSA) is 71.9 Å². The minimum Gasteiger partial charge on any atom is -0.494 e. The second-order valence-electron chi connectivity index (χ2n) is 6.76. The third kappa shape index (κ3) is 5.55. The van der Waals surface area contributed by atoms with Crippen molar-refractivity contribution in [1.29, 1.82) is 0 Å². The molecule has 2 N–H and O–H groups in total. The third-order valence-corrected chi connectivity index (χ3v) is 5.77. The summed E-state index contributed by atoms with van der Waals surface area (Å²) in [6.45, 7) is 5.28. The minimum atomic E-state index is -0.451.